The van der Waals surface area contributed by atoms with Crippen molar-refractivity contribution in [1.82, 2.24) is 9.80 Å². The monoisotopic (exact) mass is 568 g/mol. The average Bonchev–Trinajstić information content (AvgIpc) is 3.13. The highest BCUT2D eigenvalue weighted by molar-refractivity contribution is 9.09. The topological polar surface area (TPSA) is 95.0 Å². The number of fused-ring (bicyclic) bond motifs is 4. The Morgan fingerprint density at radius 3 is 2.32 bits per heavy atom. The normalized spacial score (nSPS) is 37.0. The van der Waals surface area contributed by atoms with Crippen molar-refractivity contribution in [3.8, 4) is 5.75 Å². The number of phenolic OH excluding ortho intramolecular Hbond substituents is 1. The van der Waals surface area contributed by atoms with E-state index in [1.54, 1.807) is 12.1 Å². The van der Waals surface area contributed by atoms with Gasteiger partial charge in [0.1, 0.15) is 5.75 Å². The lowest BCUT2D eigenvalue weighted by Gasteiger charge is -2.50. The minimum absolute atomic E-state index is 0.0211. The summed E-state index contributed by atoms with van der Waals surface area (Å²) in [6, 6.07) is 6.27. The molecule has 3 fully saturated rings. The first-order valence-electron chi connectivity index (χ1n) is 11.3. The number of hydrogen-bond donors (Lipinski definition) is 1. The third kappa shape index (κ3) is 2.88. The number of carbonyl (C=O) groups excluding carboxylic acids is 4. The van der Waals surface area contributed by atoms with Gasteiger partial charge in [0.2, 0.25) is 11.8 Å². The highest BCUT2D eigenvalue weighted by Gasteiger charge is 2.76. The zero-order chi connectivity index (χ0) is 24.6. The van der Waals surface area contributed by atoms with Gasteiger partial charge in [-0.15, -0.1) is 23.2 Å². The van der Waals surface area contributed by atoms with E-state index in [0.29, 0.717) is 24.9 Å². The average molecular weight is 570 g/mol. The fraction of sp³-hybridized carbons (Fsp3) is 0.500. The molecule has 2 aliphatic carbocycles. The summed E-state index contributed by atoms with van der Waals surface area (Å²) in [4.78, 5) is 52.2. The number of hydrogen-bond acceptors (Lipinski definition) is 5. The second-order valence-electron chi connectivity index (χ2n) is 9.41. The van der Waals surface area contributed by atoms with Gasteiger partial charge in [-0.1, -0.05) is 46.6 Å². The molecule has 4 aliphatic rings. The molecule has 10 heteroatoms. The summed E-state index contributed by atoms with van der Waals surface area (Å²) in [6.07, 6.45) is 2.88. The van der Waals surface area contributed by atoms with Crippen LogP contribution >= 0.6 is 39.1 Å². The number of alkyl halides is 3. The molecule has 1 N–H and O–H groups in total. The second-order valence-corrected chi connectivity index (χ2v) is 11.1. The van der Waals surface area contributed by atoms with Crippen LogP contribution in [0.4, 0.5) is 0 Å². The van der Waals surface area contributed by atoms with Gasteiger partial charge in [-0.2, -0.15) is 0 Å². The summed E-state index contributed by atoms with van der Waals surface area (Å²) >= 11 is 17.4. The van der Waals surface area contributed by atoms with E-state index in [0.717, 1.165) is 10.5 Å². The van der Waals surface area contributed by atoms with E-state index in [1.807, 2.05) is 13.0 Å². The summed E-state index contributed by atoms with van der Waals surface area (Å²) < 4.78 is 0. The Kier molecular flexibility index (Phi) is 5.65. The molecule has 0 bridgehead atoms. The van der Waals surface area contributed by atoms with Gasteiger partial charge in [-0.3, -0.25) is 29.0 Å². The molecule has 0 spiro atoms. The number of benzene rings is 1. The number of halogens is 3. The first kappa shape index (κ1) is 23.8. The highest BCUT2D eigenvalue weighted by atomic mass is 79.9. The molecule has 7 nitrogen and oxygen atoms in total. The Hall–Kier alpha value is -1.90. The maximum absolute atomic E-state index is 13.6. The number of imide groups is 2. The van der Waals surface area contributed by atoms with Crippen LogP contribution in [-0.4, -0.2) is 60.3 Å². The predicted molar refractivity (Wildman–Crippen MR) is 128 cm³/mol. The van der Waals surface area contributed by atoms with Crippen molar-refractivity contribution in [2.45, 2.75) is 41.9 Å². The smallest absolute Gasteiger partial charge is 0.254 e. The lowest BCUT2D eigenvalue weighted by molar-refractivity contribution is -0.141. The van der Waals surface area contributed by atoms with Crippen molar-refractivity contribution >= 4 is 62.8 Å². The van der Waals surface area contributed by atoms with Gasteiger partial charge in [0, 0.05) is 12.5 Å². The molecule has 2 heterocycles. The van der Waals surface area contributed by atoms with E-state index >= 15 is 0 Å². The van der Waals surface area contributed by atoms with Crippen molar-refractivity contribution in [2.75, 3.05) is 12.0 Å². The molecule has 0 unspecified atom stereocenters. The summed E-state index contributed by atoms with van der Waals surface area (Å²) in [5.74, 6) is -4.14. The van der Waals surface area contributed by atoms with Gasteiger partial charge in [0.05, 0.1) is 17.3 Å². The third-order valence-corrected chi connectivity index (χ3v) is 9.69. The van der Waals surface area contributed by atoms with E-state index in [4.69, 9.17) is 23.2 Å². The lowest BCUT2D eigenvalue weighted by Crippen LogP contribution is -2.60. The number of rotatable bonds is 4. The van der Waals surface area contributed by atoms with Gasteiger partial charge in [0.25, 0.3) is 11.8 Å². The minimum Gasteiger partial charge on any atom is -0.508 e. The first-order chi connectivity index (χ1) is 16.1. The Labute approximate surface area is 215 Å². The van der Waals surface area contributed by atoms with Gasteiger partial charge in [-0.25, -0.2) is 0 Å². The Morgan fingerprint density at radius 2 is 1.71 bits per heavy atom. The molecular formula is C24H23BrCl2N2O5. The minimum atomic E-state index is -1.82. The quantitative estimate of drug-likeness (QED) is 0.259. The largest absolute Gasteiger partial charge is 0.508 e. The van der Waals surface area contributed by atoms with E-state index in [9.17, 15) is 24.3 Å². The molecule has 6 atom stereocenters. The molecule has 0 aromatic heterocycles. The van der Waals surface area contributed by atoms with Crippen LogP contribution in [0.1, 0.15) is 37.7 Å². The number of allylic oxidation sites excluding steroid dienone is 2. The van der Waals surface area contributed by atoms with Crippen LogP contribution in [-0.2, 0) is 19.2 Å². The molecular weight excluding hydrogens is 547 g/mol. The number of aromatic hydroxyl groups is 1. The van der Waals surface area contributed by atoms with Crippen LogP contribution in [0.25, 0.3) is 0 Å². The summed E-state index contributed by atoms with van der Waals surface area (Å²) in [7, 11) is 0. The number of amides is 4. The van der Waals surface area contributed by atoms with Crippen LogP contribution in [0.5, 0.6) is 5.75 Å². The third-order valence-electron chi connectivity index (χ3n) is 7.78. The van der Waals surface area contributed by atoms with Gasteiger partial charge >= 0.3 is 0 Å². The van der Waals surface area contributed by atoms with E-state index in [-0.39, 0.29) is 29.4 Å². The zero-order valence-corrected chi connectivity index (χ0v) is 21.4. The molecule has 1 saturated carbocycles. The van der Waals surface area contributed by atoms with Crippen molar-refractivity contribution in [2.24, 2.45) is 17.8 Å². The number of carbonyl (C=O) groups is 4. The lowest BCUT2D eigenvalue weighted by atomic mass is 9.56. The van der Waals surface area contributed by atoms with Gasteiger partial charge in [-0.05, 0) is 42.9 Å². The van der Waals surface area contributed by atoms with Crippen molar-refractivity contribution < 1.29 is 24.3 Å². The Morgan fingerprint density at radius 1 is 1.03 bits per heavy atom. The Balaban J connectivity index is 1.70. The SMILES string of the molecule is CCCN1C(=O)[C@H]2[C@H](CC=C3[C@H]2C[C@@]2(Cl)C(=O)N(CBr)C(=O)[C@@]2(Cl)[C@H]3c2ccc(O)cc2)C1=O. The summed E-state index contributed by atoms with van der Waals surface area (Å²) in [5, 5.41) is 9.83. The van der Waals surface area contributed by atoms with Crippen LogP contribution < -0.4 is 0 Å². The van der Waals surface area contributed by atoms with E-state index in [1.165, 1.54) is 17.0 Å². The molecule has 4 amide bonds. The molecule has 1 aromatic rings. The van der Waals surface area contributed by atoms with Crippen molar-refractivity contribution in [1.29, 1.82) is 0 Å². The van der Waals surface area contributed by atoms with E-state index < -0.39 is 45.2 Å². The van der Waals surface area contributed by atoms with Gasteiger partial charge < -0.3 is 5.11 Å². The van der Waals surface area contributed by atoms with Crippen molar-refractivity contribution in [3.05, 3.63) is 41.5 Å². The fourth-order valence-electron chi connectivity index (χ4n) is 6.30. The van der Waals surface area contributed by atoms with Crippen LogP contribution in [0, 0.1) is 17.8 Å². The van der Waals surface area contributed by atoms with Crippen molar-refractivity contribution in [3.63, 3.8) is 0 Å². The molecule has 5 rings (SSSR count). The number of likely N-dealkylation sites (tertiary alicyclic amines) is 2. The van der Waals surface area contributed by atoms with Crippen LogP contribution in [0.2, 0.25) is 0 Å². The van der Waals surface area contributed by atoms with E-state index in [2.05, 4.69) is 15.9 Å². The molecule has 34 heavy (non-hydrogen) atoms. The number of nitrogens with zero attached hydrogens (tertiary/aromatic N) is 2. The summed E-state index contributed by atoms with van der Waals surface area (Å²) in [6.45, 7) is 2.25. The first-order valence-corrected chi connectivity index (χ1v) is 13.1. The molecule has 1 aromatic carbocycles. The summed E-state index contributed by atoms with van der Waals surface area (Å²) in [5.41, 5.74) is 1.29. The molecule has 180 valence electrons. The fourth-order valence-corrected chi connectivity index (χ4v) is 7.73. The van der Waals surface area contributed by atoms with Crippen LogP contribution in [0.3, 0.4) is 0 Å². The van der Waals surface area contributed by atoms with Gasteiger partial charge in [0.15, 0.2) is 9.75 Å². The second kappa shape index (κ2) is 8.07. The Bertz CT molecular complexity index is 1140. The highest BCUT2D eigenvalue weighted by Crippen LogP contribution is 2.65. The maximum atomic E-state index is 13.6. The maximum Gasteiger partial charge on any atom is 0.254 e. The van der Waals surface area contributed by atoms with Crippen LogP contribution in [0.15, 0.2) is 35.9 Å². The molecule has 2 saturated heterocycles. The standard InChI is InChI=1S/C24H23BrCl2N2O5/c1-2-9-28-19(31)15-8-7-14-16(17(15)20(28)32)10-23(26)21(33)29(11-25)22(34)24(23,27)18(14)12-3-5-13(30)6-4-12/h3-7,15-18,30H,2,8-11H2,1H3/t15-,16+,17-,18-,23+,24-/m0/s1. The zero-order valence-electron chi connectivity index (χ0n) is 18.3. The predicted octanol–water partition coefficient (Wildman–Crippen LogP) is 3.51. The molecule has 2 aliphatic heterocycles. The number of phenols is 1. The molecule has 0 radical (unpaired) electrons.